The van der Waals surface area contributed by atoms with Gasteiger partial charge in [-0.3, -0.25) is 14.2 Å². The van der Waals surface area contributed by atoms with Gasteiger partial charge in [0, 0.05) is 25.0 Å². The highest BCUT2D eigenvalue weighted by Crippen LogP contribution is 2.01. The average Bonchev–Trinajstić information content (AvgIpc) is 2.96. The van der Waals surface area contributed by atoms with Crippen molar-refractivity contribution in [3.63, 3.8) is 0 Å². The third-order valence-corrected chi connectivity index (χ3v) is 2.93. The lowest BCUT2D eigenvalue weighted by Crippen LogP contribution is -2.27. The van der Waals surface area contributed by atoms with E-state index in [0.29, 0.717) is 18.7 Å². The topological polar surface area (TPSA) is 64.7 Å². The van der Waals surface area contributed by atoms with Gasteiger partial charge in [0.15, 0.2) is 0 Å². The zero-order chi connectivity index (χ0) is 13.8. The molecule has 0 saturated carbocycles. The Morgan fingerprint density at radius 3 is 2.79 bits per heavy atom. The van der Waals surface area contributed by atoms with E-state index in [1.807, 2.05) is 31.5 Å². The van der Waals surface area contributed by atoms with Gasteiger partial charge < -0.3 is 5.32 Å². The van der Waals surface area contributed by atoms with Crippen molar-refractivity contribution < 1.29 is 4.79 Å². The lowest BCUT2D eigenvalue weighted by atomic mass is 10.3. The fourth-order valence-electron chi connectivity index (χ4n) is 1.93. The summed E-state index contributed by atoms with van der Waals surface area (Å²) in [7, 11) is 0. The van der Waals surface area contributed by atoms with Crippen LogP contribution < -0.4 is 5.32 Å². The molecule has 0 aliphatic rings. The van der Waals surface area contributed by atoms with Gasteiger partial charge in [-0.2, -0.15) is 10.2 Å². The Hall–Kier alpha value is -2.11. The molecular formula is C13H19N5O. The summed E-state index contributed by atoms with van der Waals surface area (Å²) in [6.07, 6.45) is 3.33. The normalized spacial score (nSPS) is 10.7. The maximum Gasteiger partial charge on any atom is 0.254 e. The van der Waals surface area contributed by atoms with E-state index in [-0.39, 0.29) is 5.91 Å². The minimum Gasteiger partial charge on any atom is -0.350 e. The molecule has 2 aromatic rings. The lowest BCUT2D eigenvalue weighted by molar-refractivity contribution is 0.0951. The number of hydrogen-bond acceptors (Lipinski definition) is 3. The first-order chi connectivity index (χ1) is 9.10. The van der Waals surface area contributed by atoms with Crippen molar-refractivity contribution in [2.24, 2.45) is 0 Å². The number of amides is 1. The van der Waals surface area contributed by atoms with E-state index in [0.717, 1.165) is 17.9 Å². The van der Waals surface area contributed by atoms with Crippen LogP contribution in [-0.2, 0) is 13.1 Å². The zero-order valence-corrected chi connectivity index (χ0v) is 11.6. The lowest BCUT2D eigenvalue weighted by Gasteiger charge is -2.05. The van der Waals surface area contributed by atoms with Crippen molar-refractivity contribution in [1.29, 1.82) is 0 Å². The van der Waals surface area contributed by atoms with Gasteiger partial charge in [-0.15, -0.1) is 0 Å². The molecular weight excluding hydrogens is 242 g/mol. The quantitative estimate of drug-likeness (QED) is 0.878. The molecule has 2 rings (SSSR count). The van der Waals surface area contributed by atoms with E-state index >= 15 is 0 Å². The van der Waals surface area contributed by atoms with Crippen LogP contribution in [0.4, 0.5) is 0 Å². The van der Waals surface area contributed by atoms with Gasteiger partial charge in [-0.1, -0.05) is 0 Å². The first-order valence-electron chi connectivity index (χ1n) is 6.42. The number of hydrogen-bond donors (Lipinski definition) is 1. The van der Waals surface area contributed by atoms with Crippen LogP contribution in [0.3, 0.4) is 0 Å². The van der Waals surface area contributed by atoms with Crippen LogP contribution in [0.25, 0.3) is 0 Å². The van der Waals surface area contributed by atoms with Crippen molar-refractivity contribution in [2.75, 3.05) is 6.54 Å². The minimum atomic E-state index is -0.0961. The maximum atomic E-state index is 11.9. The summed E-state index contributed by atoms with van der Waals surface area (Å²) in [5.41, 5.74) is 2.69. The molecule has 0 aliphatic heterocycles. The molecule has 2 heterocycles. The number of aryl methyl sites for hydroxylation is 3. The second-order valence-electron chi connectivity index (χ2n) is 4.49. The van der Waals surface area contributed by atoms with Crippen LogP contribution in [-0.4, -0.2) is 32.0 Å². The first-order valence-corrected chi connectivity index (χ1v) is 6.42. The zero-order valence-electron chi connectivity index (χ0n) is 11.6. The van der Waals surface area contributed by atoms with E-state index in [1.54, 1.807) is 17.1 Å². The van der Waals surface area contributed by atoms with E-state index in [4.69, 9.17) is 0 Å². The molecule has 1 N–H and O–H groups in total. The summed E-state index contributed by atoms with van der Waals surface area (Å²) >= 11 is 0. The molecule has 1 amide bonds. The van der Waals surface area contributed by atoms with Crippen molar-refractivity contribution >= 4 is 5.91 Å². The van der Waals surface area contributed by atoms with E-state index in [1.165, 1.54) is 0 Å². The summed E-state index contributed by atoms with van der Waals surface area (Å²) in [5.74, 6) is -0.0961. The molecule has 6 heteroatoms. The van der Waals surface area contributed by atoms with Crippen LogP contribution >= 0.6 is 0 Å². The largest absolute Gasteiger partial charge is 0.350 e. The second kappa shape index (κ2) is 5.69. The molecule has 19 heavy (non-hydrogen) atoms. The van der Waals surface area contributed by atoms with Gasteiger partial charge in [0.25, 0.3) is 5.91 Å². The summed E-state index contributed by atoms with van der Waals surface area (Å²) < 4.78 is 3.63. The molecule has 102 valence electrons. The van der Waals surface area contributed by atoms with E-state index in [9.17, 15) is 4.79 Å². The highest BCUT2D eigenvalue weighted by Gasteiger charge is 2.08. The van der Waals surface area contributed by atoms with Gasteiger partial charge >= 0.3 is 0 Å². The van der Waals surface area contributed by atoms with Crippen LogP contribution in [0.5, 0.6) is 0 Å². The second-order valence-corrected chi connectivity index (χ2v) is 4.49. The molecule has 0 spiro atoms. The van der Waals surface area contributed by atoms with Crippen molar-refractivity contribution in [2.45, 2.75) is 33.9 Å². The highest BCUT2D eigenvalue weighted by atomic mass is 16.1. The van der Waals surface area contributed by atoms with Crippen molar-refractivity contribution in [3.8, 4) is 0 Å². The van der Waals surface area contributed by atoms with Gasteiger partial charge in [0.05, 0.1) is 24.0 Å². The third kappa shape index (κ3) is 3.21. The highest BCUT2D eigenvalue weighted by molar-refractivity contribution is 5.93. The summed E-state index contributed by atoms with van der Waals surface area (Å²) in [4.78, 5) is 11.9. The van der Waals surface area contributed by atoms with Crippen LogP contribution in [0.1, 0.15) is 28.7 Å². The molecule has 0 unspecified atom stereocenters. The van der Waals surface area contributed by atoms with Gasteiger partial charge in [0.1, 0.15) is 0 Å². The molecule has 0 aromatic carbocycles. The molecule has 0 fully saturated rings. The van der Waals surface area contributed by atoms with Crippen LogP contribution in [0.15, 0.2) is 18.5 Å². The number of carbonyl (C=O) groups is 1. The van der Waals surface area contributed by atoms with E-state index < -0.39 is 0 Å². The maximum absolute atomic E-state index is 11.9. The Labute approximate surface area is 112 Å². The Morgan fingerprint density at radius 1 is 1.42 bits per heavy atom. The third-order valence-electron chi connectivity index (χ3n) is 2.93. The van der Waals surface area contributed by atoms with Gasteiger partial charge in [0.2, 0.25) is 0 Å². The molecule has 0 bridgehead atoms. The Morgan fingerprint density at radius 2 is 2.21 bits per heavy atom. The SMILES string of the molecule is CCn1cc(C(=O)NCCn2nc(C)cc2C)cn1. The fraction of sp³-hybridized carbons (Fsp3) is 0.462. The summed E-state index contributed by atoms with van der Waals surface area (Å²) in [5, 5.41) is 11.3. The van der Waals surface area contributed by atoms with Crippen molar-refractivity contribution in [3.05, 3.63) is 35.4 Å². The molecule has 0 saturated heterocycles. The number of rotatable bonds is 5. The predicted octanol–water partition coefficient (Wildman–Crippen LogP) is 1.15. The molecule has 2 aromatic heterocycles. The molecule has 0 aliphatic carbocycles. The minimum absolute atomic E-state index is 0.0961. The standard InChI is InChI=1S/C13H19N5O/c1-4-17-9-12(8-15-17)13(19)14-5-6-18-11(3)7-10(2)16-18/h7-9H,4-6H2,1-3H3,(H,14,19). The molecule has 6 nitrogen and oxygen atoms in total. The number of aromatic nitrogens is 4. The molecule has 0 atom stereocenters. The number of nitrogens with zero attached hydrogens (tertiary/aromatic N) is 4. The Kier molecular flexibility index (Phi) is 3.99. The number of carbonyl (C=O) groups excluding carboxylic acids is 1. The monoisotopic (exact) mass is 261 g/mol. The summed E-state index contributed by atoms with van der Waals surface area (Å²) in [6.45, 7) is 7.94. The predicted molar refractivity (Wildman–Crippen MR) is 71.9 cm³/mol. The molecule has 0 radical (unpaired) electrons. The Bertz CT molecular complexity index is 569. The van der Waals surface area contributed by atoms with Crippen molar-refractivity contribution in [1.82, 2.24) is 24.9 Å². The van der Waals surface area contributed by atoms with E-state index in [2.05, 4.69) is 15.5 Å². The Balaban J connectivity index is 1.85. The average molecular weight is 261 g/mol. The number of nitrogens with one attached hydrogen (secondary N) is 1. The smallest absolute Gasteiger partial charge is 0.254 e. The summed E-state index contributed by atoms with van der Waals surface area (Å²) in [6, 6.07) is 2.02. The van der Waals surface area contributed by atoms with Gasteiger partial charge in [-0.05, 0) is 26.8 Å². The van der Waals surface area contributed by atoms with Crippen LogP contribution in [0.2, 0.25) is 0 Å². The van der Waals surface area contributed by atoms with Gasteiger partial charge in [-0.25, -0.2) is 0 Å². The van der Waals surface area contributed by atoms with Crippen LogP contribution in [0, 0.1) is 13.8 Å². The first kappa shape index (κ1) is 13.3. The fourth-order valence-corrected chi connectivity index (χ4v) is 1.93.